The van der Waals surface area contributed by atoms with Crippen molar-refractivity contribution in [3.63, 3.8) is 0 Å². The van der Waals surface area contributed by atoms with E-state index in [0.717, 1.165) is 27.7 Å². The predicted octanol–water partition coefficient (Wildman–Crippen LogP) is 4.49. The predicted molar refractivity (Wildman–Crippen MR) is 114 cm³/mol. The van der Waals surface area contributed by atoms with Gasteiger partial charge in [0.15, 0.2) is 0 Å². The number of aryl methyl sites for hydroxylation is 1. The molecule has 1 aliphatic heterocycles. The minimum atomic E-state index is -0.265. The number of nitrogens with zero attached hydrogens (tertiary/aromatic N) is 3. The summed E-state index contributed by atoms with van der Waals surface area (Å²) in [5, 5.41) is 0. The van der Waals surface area contributed by atoms with Crippen molar-refractivity contribution in [1.29, 1.82) is 0 Å². The van der Waals surface area contributed by atoms with E-state index in [0.29, 0.717) is 6.54 Å². The van der Waals surface area contributed by atoms with Crippen molar-refractivity contribution < 1.29 is 9.53 Å². The van der Waals surface area contributed by atoms with Crippen LogP contribution >= 0.6 is 0 Å². The fourth-order valence-corrected chi connectivity index (χ4v) is 4.04. The van der Waals surface area contributed by atoms with E-state index in [1.807, 2.05) is 62.6 Å². The van der Waals surface area contributed by atoms with Gasteiger partial charge < -0.3 is 9.64 Å². The van der Waals surface area contributed by atoms with E-state index in [2.05, 4.69) is 12.1 Å². The molecule has 1 saturated heterocycles. The molecule has 152 valence electrons. The molecule has 0 saturated carbocycles. The maximum absolute atomic E-state index is 12.6. The number of carbonyl (C=O) groups is 1. The van der Waals surface area contributed by atoms with E-state index in [1.165, 1.54) is 0 Å². The lowest BCUT2D eigenvalue weighted by molar-refractivity contribution is 0.130. The summed E-state index contributed by atoms with van der Waals surface area (Å²) in [5.41, 5.74) is 4.88. The molecule has 1 aliphatic rings. The average Bonchev–Trinajstić information content (AvgIpc) is 3.20. The Morgan fingerprint density at radius 3 is 2.31 bits per heavy atom. The average molecular weight is 393 g/mol. The smallest absolute Gasteiger partial charge is 0.410 e. The van der Waals surface area contributed by atoms with Gasteiger partial charge in [0.2, 0.25) is 0 Å². The van der Waals surface area contributed by atoms with Crippen molar-refractivity contribution in [2.75, 3.05) is 6.54 Å². The zero-order valence-electron chi connectivity index (χ0n) is 17.5. The number of aromatic nitrogens is 2. The number of fused-ring (bicyclic) bond motifs is 1. The van der Waals surface area contributed by atoms with Gasteiger partial charge in [0.25, 0.3) is 0 Å². The molecule has 0 spiro atoms. The molecule has 1 aromatic heterocycles. The third-order valence-electron chi connectivity index (χ3n) is 5.66. The molecule has 29 heavy (non-hydrogen) atoms. The van der Waals surface area contributed by atoms with Gasteiger partial charge in [-0.2, -0.15) is 0 Å². The van der Waals surface area contributed by atoms with E-state index in [-0.39, 0.29) is 30.0 Å². The molecule has 4 rings (SSSR count). The third-order valence-corrected chi connectivity index (χ3v) is 5.66. The Hall–Kier alpha value is -3.02. The fraction of sp³-hybridized carbons (Fsp3) is 0.391. The van der Waals surface area contributed by atoms with Gasteiger partial charge in [-0.3, -0.25) is 9.13 Å². The third kappa shape index (κ3) is 3.22. The molecule has 1 atom stereocenters. The van der Waals surface area contributed by atoms with Crippen LogP contribution in [0.25, 0.3) is 22.2 Å². The lowest BCUT2D eigenvalue weighted by Gasteiger charge is -2.17. The Morgan fingerprint density at radius 1 is 0.931 bits per heavy atom. The summed E-state index contributed by atoms with van der Waals surface area (Å²) >= 11 is 0. The highest BCUT2D eigenvalue weighted by atomic mass is 16.6. The molecule has 0 radical (unpaired) electrons. The fourth-order valence-electron chi connectivity index (χ4n) is 4.04. The number of imidazole rings is 1. The van der Waals surface area contributed by atoms with Crippen molar-refractivity contribution >= 4 is 17.1 Å². The van der Waals surface area contributed by atoms with Gasteiger partial charge in [0.05, 0.1) is 17.6 Å². The SMILES string of the molecule is CC(C)N1CC(c2cccc(-c3ccc4c(c3)n(C(C)C)c(=O)n4C)c2)OC1=O. The zero-order chi connectivity index (χ0) is 20.9. The Kier molecular flexibility index (Phi) is 4.73. The Balaban J connectivity index is 1.74. The summed E-state index contributed by atoms with van der Waals surface area (Å²) in [6, 6.07) is 14.4. The number of hydrogen-bond acceptors (Lipinski definition) is 3. The summed E-state index contributed by atoms with van der Waals surface area (Å²) in [7, 11) is 1.80. The number of benzene rings is 2. The minimum absolute atomic E-state index is 0.00690. The van der Waals surface area contributed by atoms with Crippen LogP contribution in [0.1, 0.15) is 45.4 Å². The summed E-state index contributed by atoms with van der Waals surface area (Å²) in [4.78, 5) is 26.4. The van der Waals surface area contributed by atoms with Crippen LogP contribution in [0, 0.1) is 0 Å². The molecule has 6 nitrogen and oxygen atoms in total. The monoisotopic (exact) mass is 393 g/mol. The van der Waals surface area contributed by atoms with Crippen LogP contribution < -0.4 is 5.69 Å². The lowest BCUT2D eigenvalue weighted by atomic mass is 10.00. The molecule has 1 fully saturated rings. The number of rotatable bonds is 4. The quantitative estimate of drug-likeness (QED) is 0.656. The molecule has 1 amide bonds. The molecule has 0 aliphatic carbocycles. The molecule has 2 aromatic carbocycles. The van der Waals surface area contributed by atoms with Crippen LogP contribution in [-0.4, -0.2) is 32.7 Å². The van der Waals surface area contributed by atoms with Crippen molar-refractivity contribution in [3.05, 3.63) is 58.5 Å². The molecule has 0 bridgehead atoms. The first-order valence-corrected chi connectivity index (χ1v) is 10.1. The lowest BCUT2D eigenvalue weighted by Crippen LogP contribution is -2.31. The second-order valence-corrected chi connectivity index (χ2v) is 8.25. The number of hydrogen-bond donors (Lipinski definition) is 0. The summed E-state index contributed by atoms with van der Waals surface area (Å²) < 4.78 is 9.10. The van der Waals surface area contributed by atoms with Crippen LogP contribution in [-0.2, 0) is 11.8 Å². The van der Waals surface area contributed by atoms with Crippen LogP contribution in [0.4, 0.5) is 4.79 Å². The highest BCUT2D eigenvalue weighted by Crippen LogP contribution is 2.31. The molecular formula is C23H27N3O3. The Labute approximate surface area is 170 Å². The van der Waals surface area contributed by atoms with Crippen LogP contribution in [0.2, 0.25) is 0 Å². The maximum atomic E-state index is 12.6. The molecule has 3 aromatic rings. The number of amides is 1. The first kappa shape index (κ1) is 19.3. The highest BCUT2D eigenvalue weighted by Gasteiger charge is 2.33. The normalized spacial score (nSPS) is 17.0. The Morgan fingerprint density at radius 2 is 1.66 bits per heavy atom. The summed E-state index contributed by atoms with van der Waals surface area (Å²) in [5.74, 6) is 0. The van der Waals surface area contributed by atoms with Crippen molar-refractivity contribution in [1.82, 2.24) is 14.0 Å². The van der Waals surface area contributed by atoms with E-state index < -0.39 is 0 Å². The van der Waals surface area contributed by atoms with Crippen molar-refractivity contribution in [2.45, 2.75) is 45.9 Å². The molecule has 6 heteroatoms. The molecular weight excluding hydrogens is 366 g/mol. The molecule has 0 N–H and O–H groups in total. The zero-order valence-corrected chi connectivity index (χ0v) is 17.5. The van der Waals surface area contributed by atoms with E-state index >= 15 is 0 Å². The van der Waals surface area contributed by atoms with Crippen molar-refractivity contribution in [2.24, 2.45) is 7.05 Å². The van der Waals surface area contributed by atoms with Crippen molar-refractivity contribution in [3.8, 4) is 11.1 Å². The molecule has 1 unspecified atom stereocenters. The largest absolute Gasteiger partial charge is 0.439 e. The van der Waals surface area contributed by atoms with Gasteiger partial charge in [0, 0.05) is 19.1 Å². The Bertz CT molecular complexity index is 1140. The second kappa shape index (κ2) is 7.10. The van der Waals surface area contributed by atoms with E-state index in [4.69, 9.17) is 4.74 Å². The number of cyclic esters (lactones) is 1. The van der Waals surface area contributed by atoms with E-state index in [9.17, 15) is 9.59 Å². The molecule has 2 heterocycles. The van der Waals surface area contributed by atoms with Gasteiger partial charge in [-0.1, -0.05) is 24.3 Å². The summed E-state index contributed by atoms with van der Waals surface area (Å²) in [6.45, 7) is 8.57. The van der Waals surface area contributed by atoms with Gasteiger partial charge in [0.1, 0.15) is 6.10 Å². The topological polar surface area (TPSA) is 56.5 Å². The summed E-state index contributed by atoms with van der Waals surface area (Å²) in [6.07, 6.45) is -0.527. The minimum Gasteiger partial charge on any atom is -0.439 e. The van der Waals surface area contributed by atoms with Crippen LogP contribution in [0.3, 0.4) is 0 Å². The number of ether oxygens (including phenoxy) is 1. The second-order valence-electron chi connectivity index (χ2n) is 8.25. The number of carbonyl (C=O) groups excluding carboxylic acids is 1. The van der Waals surface area contributed by atoms with Gasteiger partial charge >= 0.3 is 11.8 Å². The first-order valence-electron chi connectivity index (χ1n) is 10.1. The standard InChI is InChI=1S/C23H27N3O3/c1-14(2)25-13-21(29-23(25)28)18-8-6-7-16(11-18)17-9-10-19-20(12-17)26(15(3)4)22(27)24(19)5/h6-12,14-15,21H,13H2,1-5H3. The van der Waals surface area contributed by atoms with E-state index in [1.54, 1.807) is 16.5 Å². The van der Waals surface area contributed by atoms with Gasteiger partial charge in [-0.15, -0.1) is 0 Å². The van der Waals surface area contributed by atoms with Crippen LogP contribution in [0.5, 0.6) is 0 Å². The van der Waals surface area contributed by atoms with Gasteiger partial charge in [-0.25, -0.2) is 9.59 Å². The highest BCUT2D eigenvalue weighted by molar-refractivity contribution is 5.83. The first-order chi connectivity index (χ1) is 13.8. The van der Waals surface area contributed by atoms with Crippen LogP contribution in [0.15, 0.2) is 47.3 Å². The maximum Gasteiger partial charge on any atom is 0.410 e. The van der Waals surface area contributed by atoms with Gasteiger partial charge in [-0.05, 0) is 62.6 Å².